The van der Waals surface area contributed by atoms with Crippen LogP contribution in [0.4, 0.5) is 0 Å². The van der Waals surface area contributed by atoms with Crippen LogP contribution in [0, 0.1) is 6.92 Å². The topological polar surface area (TPSA) is 93.4 Å². The normalized spacial score (nSPS) is 16.7. The highest BCUT2D eigenvalue weighted by molar-refractivity contribution is 7.89. The van der Waals surface area contributed by atoms with Crippen LogP contribution in [0.3, 0.4) is 0 Å². The molecule has 1 aromatic heterocycles. The molecular formula is C25H27N3O3S. The van der Waals surface area contributed by atoms with Gasteiger partial charge in [0.15, 0.2) is 0 Å². The summed E-state index contributed by atoms with van der Waals surface area (Å²) in [6.45, 7) is 3.37. The molecule has 1 aliphatic heterocycles. The Bertz CT molecular complexity index is 1210. The number of nitrogens with two attached hydrogens (primary N) is 1. The summed E-state index contributed by atoms with van der Waals surface area (Å²) in [5, 5.41) is 5.14. The van der Waals surface area contributed by atoms with E-state index in [2.05, 4.69) is 24.3 Å². The van der Waals surface area contributed by atoms with Crippen molar-refractivity contribution in [3.63, 3.8) is 0 Å². The molecule has 0 aliphatic carbocycles. The van der Waals surface area contributed by atoms with Gasteiger partial charge < -0.3 is 4.90 Å². The Labute approximate surface area is 189 Å². The standard InChI is InChI=1S/C25H27N3O3S/c1-18-14-22(20-6-3-2-4-7-20)16-24(27-18)21-8-5-13-28(17-21)25(29)15-19-9-11-23(12-10-19)32(26,30)31/h2-4,6-7,9-12,14,16,21H,5,8,13,15,17H2,1H3,(H2,26,30,31)/t21-/m1/s1. The maximum Gasteiger partial charge on any atom is 0.238 e. The molecule has 1 atom stereocenters. The molecule has 0 saturated carbocycles. The summed E-state index contributed by atoms with van der Waals surface area (Å²) in [5.41, 5.74) is 5.07. The molecule has 0 bridgehead atoms. The van der Waals surface area contributed by atoms with Gasteiger partial charge in [0.25, 0.3) is 0 Å². The zero-order valence-electron chi connectivity index (χ0n) is 18.1. The van der Waals surface area contributed by atoms with Crippen molar-refractivity contribution in [1.29, 1.82) is 0 Å². The fourth-order valence-electron chi connectivity index (χ4n) is 4.23. The SMILES string of the molecule is Cc1cc(-c2ccccc2)cc([C@@H]2CCCN(C(=O)Cc3ccc(S(N)(=O)=O)cc3)C2)n1. The first-order chi connectivity index (χ1) is 15.3. The van der Waals surface area contributed by atoms with Gasteiger partial charge in [-0.1, -0.05) is 42.5 Å². The van der Waals surface area contributed by atoms with Gasteiger partial charge in [-0.25, -0.2) is 13.6 Å². The minimum Gasteiger partial charge on any atom is -0.342 e. The molecule has 4 rings (SSSR count). The molecule has 1 fully saturated rings. The van der Waals surface area contributed by atoms with Gasteiger partial charge in [0.1, 0.15) is 0 Å². The highest BCUT2D eigenvalue weighted by Crippen LogP contribution is 2.30. The lowest BCUT2D eigenvalue weighted by atomic mass is 9.92. The van der Waals surface area contributed by atoms with E-state index in [0.29, 0.717) is 6.54 Å². The van der Waals surface area contributed by atoms with Crippen LogP contribution in [0.25, 0.3) is 11.1 Å². The molecule has 32 heavy (non-hydrogen) atoms. The number of piperidine rings is 1. The second kappa shape index (κ2) is 9.22. The summed E-state index contributed by atoms with van der Waals surface area (Å²) in [6.07, 6.45) is 2.16. The number of amides is 1. The molecule has 2 aromatic carbocycles. The van der Waals surface area contributed by atoms with E-state index in [1.54, 1.807) is 12.1 Å². The van der Waals surface area contributed by atoms with Crippen molar-refractivity contribution < 1.29 is 13.2 Å². The highest BCUT2D eigenvalue weighted by atomic mass is 32.2. The van der Waals surface area contributed by atoms with Gasteiger partial charge in [0, 0.05) is 30.4 Å². The van der Waals surface area contributed by atoms with Gasteiger partial charge in [0.2, 0.25) is 15.9 Å². The van der Waals surface area contributed by atoms with E-state index in [9.17, 15) is 13.2 Å². The number of hydrogen-bond donors (Lipinski definition) is 1. The molecule has 2 N–H and O–H groups in total. The van der Waals surface area contributed by atoms with Crippen LogP contribution in [0.1, 0.15) is 35.7 Å². The van der Waals surface area contributed by atoms with Crippen molar-refractivity contribution in [3.05, 3.63) is 83.7 Å². The fraction of sp³-hybridized carbons (Fsp3) is 0.280. The Kier molecular flexibility index (Phi) is 6.39. The smallest absolute Gasteiger partial charge is 0.238 e. The van der Waals surface area contributed by atoms with E-state index in [1.165, 1.54) is 12.1 Å². The molecule has 0 spiro atoms. The summed E-state index contributed by atoms with van der Waals surface area (Å²) in [7, 11) is -3.74. The van der Waals surface area contributed by atoms with Crippen molar-refractivity contribution in [3.8, 4) is 11.1 Å². The number of benzene rings is 2. The summed E-state index contributed by atoms with van der Waals surface area (Å²) >= 11 is 0. The summed E-state index contributed by atoms with van der Waals surface area (Å²) in [5.74, 6) is 0.230. The summed E-state index contributed by atoms with van der Waals surface area (Å²) in [4.78, 5) is 19.7. The lowest BCUT2D eigenvalue weighted by Crippen LogP contribution is -2.40. The van der Waals surface area contributed by atoms with Crippen LogP contribution in [-0.4, -0.2) is 37.3 Å². The zero-order chi connectivity index (χ0) is 22.7. The molecule has 1 aliphatic rings. The van der Waals surface area contributed by atoms with Crippen LogP contribution in [0.2, 0.25) is 0 Å². The molecule has 6 nitrogen and oxygen atoms in total. The first-order valence-corrected chi connectivity index (χ1v) is 12.3. The maximum atomic E-state index is 12.9. The third-order valence-corrected chi connectivity index (χ3v) is 6.81. The number of sulfonamides is 1. The fourth-order valence-corrected chi connectivity index (χ4v) is 4.74. The average Bonchev–Trinajstić information content (AvgIpc) is 2.79. The molecule has 0 unspecified atom stereocenters. The number of pyridine rings is 1. The monoisotopic (exact) mass is 449 g/mol. The van der Waals surface area contributed by atoms with Crippen molar-refractivity contribution in [2.75, 3.05) is 13.1 Å². The zero-order valence-corrected chi connectivity index (χ0v) is 18.9. The van der Waals surface area contributed by atoms with Gasteiger partial charge >= 0.3 is 0 Å². The van der Waals surface area contributed by atoms with Crippen molar-refractivity contribution in [2.45, 2.75) is 37.0 Å². The lowest BCUT2D eigenvalue weighted by molar-refractivity contribution is -0.131. The van der Waals surface area contributed by atoms with E-state index in [4.69, 9.17) is 10.1 Å². The minimum atomic E-state index is -3.74. The molecule has 7 heteroatoms. The summed E-state index contributed by atoms with van der Waals surface area (Å²) in [6, 6.07) is 20.7. The Hall–Kier alpha value is -3.03. The first kappa shape index (κ1) is 22.2. The number of aryl methyl sites for hydroxylation is 1. The predicted molar refractivity (Wildman–Crippen MR) is 124 cm³/mol. The van der Waals surface area contributed by atoms with E-state index in [0.717, 1.165) is 47.5 Å². The molecule has 2 heterocycles. The van der Waals surface area contributed by atoms with E-state index in [1.807, 2.05) is 30.0 Å². The Balaban J connectivity index is 1.48. The molecule has 3 aromatic rings. The number of carbonyl (C=O) groups excluding carboxylic acids is 1. The van der Waals surface area contributed by atoms with Gasteiger partial charge in [-0.05, 0) is 60.7 Å². The van der Waals surface area contributed by atoms with Crippen LogP contribution in [0.5, 0.6) is 0 Å². The molecular weight excluding hydrogens is 422 g/mol. The Morgan fingerprint density at radius 1 is 1.06 bits per heavy atom. The Morgan fingerprint density at radius 2 is 1.78 bits per heavy atom. The van der Waals surface area contributed by atoms with Crippen molar-refractivity contribution in [1.82, 2.24) is 9.88 Å². The second-order valence-corrected chi connectivity index (χ2v) is 9.89. The number of hydrogen-bond acceptors (Lipinski definition) is 4. The van der Waals surface area contributed by atoms with Gasteiger partial charge in [0.05, 0.1) is 11.3 Å². The number of rotatable bonds is 5. The average molecular weight is 450 g/mol. The number of aromatic nitrogens is 1. The molecule has 1 amide bonds. The maximum absolute atomic E-state index is 12.9. The predicted octanol–water partition coefficient (Wildman–Crippen LogP) is 3.65. The number of primary sulfonamides is 1. The highest BCUT2D eigenvalue weighted by Gasteiger charge is 2.26. The van der Waals surface area contributed by atoms with Crippen LogP contribution in [-0.2, 0) is 21.2 Å². The van der Waals surface area contributed by atoms with E-state index in [-0.39, 0.29) is 23.1 Å². The number of nitrogens with zero attached hydrogens (tertiary/aromatic N) is 2. The molecule has 0 radical (unpaired) electrons. The molecule has 1 saturated heterocycles. The van der Waals surface area contributed by atoms with Gasteiger partial charge in [-0.2, -0.15) is 0 Å². The number of likely N-dealkylation sites (tertiary alicyclic amines) is 1. The third kappa shape index (κ3) is 5.23. The number of carbonyl (C=O) groups is 1. The summed E-state index contributed by atoms with van der Waals surface area (Å²) < 4.78 is 22.8. The van der Waals surface area contributed by atoms with Crippen LogP contribution >= 0.6 is 0 Å². The van der Waals surface area contributed by atoms with E-state index >= 15 is 0 Å². The van der Waals surface area contributed by atoms with Crippen LogP contribution < -0.4 is 5.14 Å². The van der Waals surface area contributed by atoms with Crippen molar-refractivity contribution in [2.24, 2.45) is 5.14 Å². The van der Waals surface area contributed by atoms with Crippen LogP contribution in [0.15, 0.2) is 71.6 Å². The lowest BCUT2D eigenvalue weighted by Gasteiger charge is -2.33. The Morgan fingerprint density at radius 3 is 2.47 bits per heavy atom. The first-order valence-electron chi connectivity index (χ1n) is 10.7. The largest absolute Gasteiger partial charge is 0.342 e. The van der Waals surface area contributed by atoms with Crippen molar-refractivity contribution >= 4 is 15.9 Å². The van der Waals surface area contributed by atoms with Gasteiger partial charge in [-0.15, -0.1) is 0 Å². The second-order valence-electron chi connectivity index (χ2n) is 8.33. The van der Waals surface area contributed by atoms with E-state index < -0.39 is 10.0 Å². The third-order valence-electron chi connectivity index (χ3n) is 5.88. The minimum absolute atomic E-state index is 0.0361. The quantitative estimate of drug-likeness (QED) is 0.643. The molecule has 166 valence electrons. The van der Waals surface area contributed by atoms with Gasteiger partial charge in [-0.3, -0.25) is 9.78 Å².